The molecule has 7 heteroatoms. The molecule has 3 rings (SSSR count). The van der Waals surface area contributed by atoms with Gasteiger partial charge in [0, 0.05) is 18.2 Å². The van der Waals surface area contributed by atoms with Crippen LogP contribution < -0.4 is 4.72 Å². The lowest BCUT2D eigenvalue weighted by Gasteiger charge is -2.09. The third-order valence-electron chi connectivity index (χ3n) is 3.35. The van der Waals surface area contributed by atoms with E-state index in [-0.39, 0.29) is 5.75 Å². The molecule has 0 saturated heterocycles. The number of aryl methyl sites for hydroxylation is 2. The monoisotopic (exact) mass is 343 g/mol. The molecule has 24 heavy (non-hydrogen) atoms. The van der Waals surface area contributed by atoms with E-state index in [2.05, 4.69) is 14.9 Å². The van der Waals surface area contributed by atoms with E-state index in [9.17, 15) is 8.42 Å². The average molecular weight is 343 g/mol. The van der Waals surface area contributed by atoms with Crippen molar-refractivity contribution in [3.63, 3.8) is 0 Å². The Hall–Kier alpha value is -2.67. The fourth-order valence-electron chi connectivity index (χ4n) is 2.37. The normalized spacial score (nSPS) is 11.4. The van der Waals surface area contributed by atoms with Crippen LogP contribution in [-0.4, -0.2) is 18.6 Å². The van der Waals surface area contributed by atoms with Crippen LogP contribution in [0.3, 0.4) is 0 Å². The molecule has 1 heterocycles. The zero-order valence-corrected chi connectivity index (χ0v) is 14.2. The summed E-state index contributed by atoms with van der Waals surface area (Å²) in [6.07, 6.45) is 0. The van der Waals surface area contributed by atoms with Gasteiger partial charge in [0.25, 0.3) is 0 Å². The van der Waals surface area contributed by atoms with Gasteiger partial charge in [-0.25, -0.2) is 8.42 Å². The summed E-state index contributed by atoms with van der Waals surface area (Å²) in [7, 11) is -3.51. The molecule has 0 aliphatic rings. The maximum atomic E-state index is 12.4. The van der Waals surface area contributed by atoms with E-state index in [1.165, 1.54) is 0 Å². The molecular formula is C17H17N3O3S. The van der Waals surface area contributed by atoms with E-state index in [4.69, 9.17) is 4.42 Å². The molecule has 0 radical (unpaired) electrons. The van der Waals surface area contributed by atoms with E-state index in [0.29, 0.717) is 23.0 Å². The highest BCUT2D eigenvalue weighted by Gasteiger charge is 2.13. The lowest BCUT2D eigenvalue weighted by Crippen LogP contribution is -2.15. The third-order valence-corrected chi connectivity index (χ3v) is 4.61. The molecule has 0 amide bonds. The first-order valence-electron chi connectivity index (χ1n) is 7.38. The van der Waals surface area contributed by atoms with Gasteiger partial charge in [0.2, 0.25) is 21.8 Å². The van der Waals surface area contributed by atoms with Gasteiger partial charge >= 0.3 is 0 Å². The molecule has 6 nitrogen and oxygen atoms in total. The van der Waals surface area contributed by atoms with Crippen molar-refractivity contribution in [3.8, 4) is 11.5 Å². The summed E-state index contributed by atoms with van der Waals surface area (Å²) in [5, 5.41) is 7.71. The first-order chi connectivity index (χ1) is 11.4. The molecule has 0 aliphatic carbocycles. The van der Waals surface area contributed by atoms with Gasteiger partial charge in [-0.1, -0.05) is 35.9 Å². The molecule has 0 atom stereocenters. The second kappa shape index (κ2) is 6.45. The quantitative estimate of drug-likeness (QED) is 0.768. The van der Waals surface area contributed by atoms with Crippen LogP contribution in [0, 0.1) is 13.8 Å². The van der Waals surface area contributed by atoms with Gasteiger partial charge in [-0.2, -0.15) is 0 Å². The minimum atomic E-state index is -3.51. The SMILES string of the molecule is Cc1cccc(CS(=O)(=O)Nc2cccc(-c3nnc(C)o3)c2)c1. The van der Waals surface area contributed by atoms with Crippen molar-refractivity contribution in [3.05, 3.63) is 65.5 Å². The lowest BCUT2D eigenvalue weighted by atomic mass is 10.2. The van der Waals surface area contributed by atoms with E-state index in [1.54, 1.807) is 37.3 Å². The second-order valence-corrected chi connectivity index (χ2v) is 7.28. The summed E-state index contributed by atoms with van der Waals surface area (Å²) in [4.78, 5) is 0. The number of rotatable bonds is 5. The molecule has 1 aromatic heterocycles. The number of hydrogen-bond donors (Lipinski definition) is 1. The van der Waals surface area contributed by atoms with Crippen LogP contribution in [0.5, 0.6) is 0 Å². The van der Waals surface area contributed by atoms with E-state index >= 15 is 0 Å². The molecule has 0 fully saturated rings. The van der Waals surface area contributed by atoms with E-state index in [1.807, 2.05) is 25.1 Å². The lowest BCUT2D eigenvalue weighted by molar-refractivity contribution is 0.533. The number of aromatic nitrogens is 2. The Morgan fingerprint density at radius 1 is 1.04 bits per heavy atom. The molecule has 3 aromatic rings. The molecule has 0 spiro atoms. The highest BCUT2D eigenvalue weighted by molar-refractivity contribution is 7.91. The van der Waals surface area contributed by atoms with Crippen LogP contribution in [-0.2, 0) is 15.8 Å². The van der Waals surface area contributed by atoms with Gasteiger partial charge in [-0.15, -0.1) is 10.2 Å². The molecule has 0 unspecified atom stereocenters. The summed E-state index contributed by atoms with van der Waals surface area (Å²) in [5.74, 6) is 0.723. The van der Waals surface area contributed by atoms with Crippen LogP contribution in [0.15, 0.2) is 52.9 Å². The summed E-state index contributed by atoms with van der Waals surface area (Å²) in [6, 6.07) is 14.3. The highest BCUT2D eigenvalue weighted by atomic mass is 32.2. The Kier molecular flexibility index (Phi) is 4.35. The van der Waals surface area contributed by atoms with Crippen molar-refractivity contribution < 1.29 is 12.8 Å². The van der Waals surface area contributed by atoms with Crippen molar-refractivity contribution in [2.24, 2.45) is 0 Å². The zero-order chi connectivity index (χ0) is 17.2. The van der Waals surface area contributed by atoms with Crippen molar-refractivity contribution >= 4 is 15.7 Å². The Morgan fingerprint density at radius 2 is 1.83 bits per heavy atom. The Bertz CT molecular complexity index is 964. The number of nitrogens with one attached hydrogen (secondary N) is 1. The first kappa shape index (κ1) is 16.2. The fourth-order valence-corrected chi connectivity index (χ4v) is 3.54. The van der Waals surface area contributed by atoms with Gasteiger partial charge in [-0.05, 0) is 30.7 Å². The molecular weight excluding hydrogens is 326 g/mol. The summed E-state index contributed by atoms with van der Waals surface area (Å²) < 4.78 is 32.7. The van der Waals surface area contributed by atoms with Gasteiger partial charge in [0.15, 0.2) is 0 Å². The fraction of sp³-hybridized carbons (Fsp3) is 0.176. The molecule has 1 N–H and O–H groups in total. The number of hydrogen-bond acceptors (Lipinski definition) is 5. The van der Waals surface area contributed by atoms with Crippen LogP contribution in [0.4, 0.5) is 5.69 Å². The minimum Gasteiger partial charge on any atom is -0.421 e. The number of nitrogens with zero attached hydrogens (tertiary/aromatic N) is 2. The van der Waals surface area contributed by atoms with Crippen molar-refractivity contribution in [2.45, 2.75) is 19.6 Å². The minimum absolute atomic E-state index is 0.0847. The third kappa shape index (κ3) is 3.99. The predicted molar refractivity (Wildman–Crippen MR) is 91.9 cm³/mol. The molecule has 0 bridgehead atoms. The zero-order valence-electron chi connectivity index (χ0n) is 13.4. The van der Waals surface area contributed by atoms with Crippen LogP contribution in [0.2, 0.25) is 0 Å². The Morgan fingerprint density at radius 3 is 2.54 bits per heavy atom. The van der Waals surface area contributed by atoms with Crippen LogP contribution >= 0.6 is 0 Å². The standard InChI is InChI=1S/C17H17N3O3S/c1-12-5-3-6-14(9-12)11-24(21,22)20-16-8-4-7-15(10-16)17-19-18-13(2)23-17/h3-10,20H,11H2,1-2H3. The van der Waals surface area contributed by atoms with Gasteiger partial charge < -0.3 is 4.42 Å². The smallest absolute Gasteiger partial charge is 0.247 e. The van der Waals surface area contributed by atoms with Gasteiger partial charge in [-0.3, -0.25) is 4.72 Å². The summed E-state index contributed by atoms with van der Waals surface area (Å²) in [5.41, 5.74) is 2.88. The van der Waals surface area contributed by atoms with E-state index < -0.39 is 10.0 Å². The topological polar surface area (TPSA) is 85.1 Å². The van der Waals surface area contributed by atoms with Crippen molar-refractivity contribution in [1.82, 2.24) is 10.2 Å². The van der Waals surface area contributed by atoms with Crippen LogP contribution in [0.1, 0.15) is 17.0 Å². The number of sulfonamides is 1. The molecule has 2 aromatic carbocycles. The second-order valence-electron chi connectivity index (χ2n) is 5.56. The highest BCUT2D eigenvalue weighted by Crippen LogP contribution is 2.22. The average Bonchev–Trinajstić information content (AvgIpc) is 2.93. The summed E-state index contributed by atoms with van der Waals surface area (Å²) >= 11 is 0. The number of benzene rings is 2. The largest absolute Gasteiger partial charge is 0.421 e. The van der Waals surface area contributed by atoms with Gasteiger partial charge in [0.05, 0.1) is 5.75 Å². The molecule has 124 valence electrons. The predicted octanol–water partition coefficient (Wildman–Crippen LogP) is 3.30. The summed E-state index contributed by atoms with van der Waals surface area (Å²) in [6.45, 7) is 3.63. The Labute approximate surface area is 140 Å². The van der Waals surface area contributed by atoms with Crippen LogP contribution in [0.25, 0.3) is 11.5 Å². The van der Waals surface area contributed by atoms with Crippen molar-refractivity contribution in [2.75, 3.05) is 4.72 Å². The maximum Gasteiger partial charge on any atom is 0.247 e. The Balaban J connectivity index is 1.80. The van der Waals surface area contributed by atoms with E-state index in [0.717, 1.165) is 11.1 Å². The molecule has 0 aliphatic heterocycles. The maximum absolute atomic E-state index is 12.4. The first-order valence-corrected chi connectivity index (χ1v) is 9.03. The number of anilines is 1. The molecule has 0 saturated carbocycles. The van der Waals surface area contributed by atoms with Gasteiger partial charge in [0.1, 0.15) is 0 Å². The van der Waals surface area contributed by atoms with Crippen molar-refractivity contribution in [1.29, 1.82) is 0 Å².